The smallest absolute Gasteiger partial charge is 0.406 e. The van der Waals surface area contributed by atoms with Crippen molar-refractivity contribution in [2.24, 2.45) is 4.99 Å². The second-order valence-corrected chi connectivity index (χ2v) is 5.55. The summed E-state index contributed by atoms with van der Waals surface area (Å²) in [5.74, 6) is -0.271. The Hall–Kier alpha value is -2.96. The molecule has 4 nitrogen and oxygen atoms in total. The van der Waals surface area contributed by atoms with E-state index >= 15 is 0 Å². The Labute approximate surface area is 142 Å². The topological polar surface area (TPSA) is 53.2 Å². The van der Waals surface area contributed by atoms with Crippen molar-refractivity contribution >= 4 is 11.9 Å². The van der Waals surface area contributed by atoms with E-state index in [4.69, 9.17) is 0 Å². The molecule has 0 radical (unpaired) electrons. The van der Waals surface area contributed by atoms with Gasteiger partial charge in [0.25, 0.3) is 0 Å². The third-order valence-electron chi connectivity index (χ3n) is 3.88. The minimum atomic E-state index is -4.70. The number of hydrogen-bond acceptors (Lipinski definition) is 2. The minimum Gasteiger partial charge on any atom is -0.406 e. The van der Waals surface area contributed by atoms with Crippen LogP contribution in [0.4, 0.5) is 18.9 Å². The quantitative estimate of drug-likeness (QED) is 0.620. The number of ether oxygens (including phenoxy) is 1. The zero-order valence-electron chi connectivity index (χ0n) is 13.6. The van der Waals surface area contributed by atoms with Crippen molar-refractivity contribution < 1.29 is 17.9 Å². The van der Waals surface area contributed by atoms with Crippen LogP contribution in [0.5, 0.6) is 5.75 Å². The van der Waals surface area contributed by atoms with Gasteiger partial charge in [0.15, 0.2) is 0 Å². The molecule has 0 aliphatic rings. The van der Waals surface area contributed by atoms with E-state index in [-0.39, 0.29) is 5.75 Å². The molecule has 25 heavy (non-hydrogen) atoms. The maximum Gasteiger partial charge on any atom is 0.573 e. The zero-order chi connectivity index (χ0) is 18.0. The van der Waals surface area contributed by atoms with Gasteiger partial charge in [-0.15, -0.1) is 13.2 Å². The Morgan fingerprint density at radius 3 is 2.36 bits per heavy atom. The first-order chi connectivity index (χ1) is 11.8. The Morgan fingerprint density at radius 2 is 1.76 bits per heavy atom. The van der Waals surface area contributed by atoms with Crippen molar-refractivity contribution in [3.8, 4) is 17.1 Å². The second kappa shape index (κ2) is 6.51. The Kier molecular flexibility index (Phi) is 4.39. The fraction of sp³-hybridized carbons (Fsp3) is 0.167. The van der Waals surface area contributed by atoms with E-state index in [1.165, 1.54) is 24.3 Å². The summed E-state index contributed by atoms with van der Waals surface area (Å²) in [7, 11) is 0. The summed E-state index contributed by atoms with van der Waals surface area (Å²) < 4.78 is 40.3. The number of benzene rings is 1. The number of nitrogens with one attached hydrogen (secondary N) is 2. The standard InChI is InChI=1S/C18H16F3N3O/c1-11-12(2)17(15-4-3-9-22-15)24-16(11)10-23-13-5-7-14(8-6-13)25-18(19,20)21/h3-10,22,24H,1-2H3. The van der Waals surface area contributed by atoms with Crippen LogP contribution < -0.4 is 4.74 Å². The number of rotatable bonds is 4. The van der Waals surface area contributed by atoms with Crippen LogP contribution in [0, 0.1) is 13.8 Å². The van der Waals surface area contributed by atoms with E-state index in [0.29, 0.717) is 5.69 Å². The molecule has 2 N–H and O–H groups in total. The molecule has 0 unspecified atom stereocenters. The number of H-pyrrole nitrogens is 2. The molecule has 0 atom stereocenters. The van der Waals surface area contributed by atoms with Crippen LogP contribution in [0.25, 0.3) is 11.4 Å². The van der Waals surface area contributed by atoms with Gasteiger partial charge in [-0.05, 0) is 61.4 Å². The maximum absolute atomic E-state index is 12.2. The molecule has 0 aliphatic heterocycles. The van der Waals surface area contributed by atoms with E-state index in [9.17, 15) is 13.2 Å². The highest BCUT2D eigenvalue weighted by Crippen LogP contribution is 2.27. The van der Waals surface area contributed by atoms with Crippen LogP contribution in [-0.4, -0.2) is 22.5 Å². The van der Waals surface area contributed by atoms with Crippen molar-refractivity contribution in [3.63, 3.8) is 0 Å². The van der Waals surface area contributed by atoms with E-state index in [2.05, 4.69) is 19.7 Å². The molecule has 2 aromatic heterocycles. The SMILES string of the molecule is Cc1c(C=Nc2ccc(OC(F)(F)F)cc2)[nH]c(-c2ccc[nH]2)c1C. The van der Waals surface area contributed by atoms with E-state index in [1.54, 1.807) is 6.21 Å². The summed E-state index contributed by atoms with van der Waals surface area (Å²) in [6, 6.07) is 9.29. The Balaban J connectivity index is 1.79. The van der Waals surface area contributed by atoms with Gasteiger partial charge in [-0.2, -0.15) is 0 Å². The molecule has 130 valence electrons. The summed E-state index contributed by atoms with van der Waals surface area (Å²) in [5.41, 5.74) is 5.51. The fourth-order valence-electron chi connectivity index (χ4n) is 2.47. The van der Waals surface area contributed by atoms with Gasteiger partial charge in [-0.3, -0.25) is 4.99 Å². The zero-order valence-corrected chi connectivity index (χ0v) is 13.6. The Morgan fingerprint density at radius 1 is 1.04 bits per heavy atom. The lowest BCUT2D eigenvalue weighted by Crippen LogP contribution is -2.16. The van der Waals surface area contributed by atoms with Crippen LogP contribution in [0.2, 0.25) is 0 Å². The molecule has 3 aromatic rings. The van der Waals surface area contributed by atoms with Crippen molar-refractivity contribution in [2.75, 3.05) is 0 Å². The van der Waals surface area contributed by atoms with Gasteiger partial charge in [-0.25, -0.2) is 0 Å². The fourth-order valence-corrected chi connectivity index (χ4v) is 2.47. The van der Waals surface area contributed by atoms with Gasteiger partial charge in [0.2, 0.25) is 0 Å². The lowest BCUT2D eigenvalue weighted by atomic mass is 10.1. The highest BCUT2D eigenvalue weighted by atomic mass is 19.4. The first-order valence-electron chi connectivity index (χ1n) is 7.56. The largest absolute Gasteiger partial charge is 0.573 e. The Bertz CT molecular complexity index is 876. The second-order valence-electron chi connectivity index (χ2n) is 5.55. The molecule has 7 heteroatoms. The summed E-state index contributed by atoms with van der Waals surface area (Å²) in [5, 5.41) is 0. The van der Waals surface area contributed by atoms with E-state index in [1.807, 2.05) is 32.2 Å². The van der Waals surface area contributed by atoms with Gasteiger partial charge >= 0.3 is 6.36 Å². The number of halogens is 3. The van der Waals surface area contributed by atoms with Crippen LogP contribution >= 0.6 is 0 Å². The van der Waals surface area contributed by atoms with Gasteiger partial charge in [-0.1, -0.05) is 0 Å². The third-order valence-corrected chi connectivity index (χ3v) is 3.88. The number of aromatic amines is 2. The first kappa shape index (κ1) is 16.9. The maximum atomic E-state index is 12.2. The van der Waals surface area contributed by atoms with Crippen LogP contribution in [0.15, 0.2) is 47.6 Å². The number of aromatic nitrogens is 2. The number of hydrogen-bond donors (Lipinski definition) is 2. The lowest BCUT2D eigenvalue weighted by Gasteiger charge is -2.08. The van der Waals surface area contributed by atoms with Crippen molar-refractivity contribution in [2.45, 2.75) is 20.2 Å². The molecule has 2 heterocycles. The van der Waals surface area contributed by atoms with Gasteiger partial charge in [0.05, 0.1) is 29.0 Å². The van der Waals surface area contributed by atoms with Crippen molar-refractivity contribution in [3.05, 3.63) is 59.4 Å². The normalized spacial score (nSPS) is 12.0. The summed E-state index contributed by atoms with van der Waals surface area (Å²) in [4.78, 5) is 10.8. The highest BCUT2D eigenvalue weighted by Gasteiger charge is 2.30. The van der Waals surface area contributed by atoms with E-state index in [0.717, 1.165) is 28.2 Å². The molecular formula is C18H16F3N3O. The molecule has 0 bridgehead atoms. The summed E-state index contributed by atoms with van der Waals surface area (Å²) in [6.07, 6.45) is -1.18. The monoisotopic (exact) mass is 347 g/mol. The van der Waals surface area contributed by atoms with E-state index < -0.39 is 6.36 Å². The lowest BCUT2D eigenvalue weighted by molar-refractivity contribution is -0.274. The van der Waals surface area contributed by atoms with Crippen molar-refractivity contribution in [1.29, 1.82) is 0 Å². The van der Waals surface area contributed by atoms with Gasteiger partial charge < -0.3 is 14.7 Å². The molecule has 0 saturated heterocycles. The number of alkyl halides is 3. The third kappa shape index (κ3) is 3.93. The molecule has 1 aromatic carbocycles. The number of nitrogens with zero attached hydrogens (tertiary/aromatic N) is 1. The van der Waals surface area contributed by atoms with Gasteiger partial charge in [0, 0.05) is 6.20 Å². The predicted molar refractivity (Wildman–Crippen MR) is 90.4 cm³/mol. The molecular weight excluding hydrogens is 331 g/mol. The summed E-state index contributed by atoms with van der Waals surface area (Å²) >= 11 is 0. The average molecular weight is 347 g/mol. The molecule has 0 saturated carbocycles. The van der Waals surface area contributed by atoms with Crippen LogP contribution in [-0.2, 0) is 0 Å². The molecule has 0 aliphatic carbocycles. The number of aliphatic imine (C=N–C) groups is 1. The minimum absolute atomic E-state index is 0.271. The molecule has 0 fully saturated rings. The molecule has 3 rings (SSSR count). The molecule has 0 spiro atoms. The van der Waals surface area contributed by atoms with Gasteiger partial charge in [0.1, 0.15) is 5.75 Å². The van der Waals surface area contributed by atoms with Crippen LogP contribution in [0.3, 0.4) is 0 Å². The predicted octanol–water partition coefficient (Wildman–Crippen LogP) is 5.28. The average Bonchev–Trinajstić information content (AvgIpc) is 3.16. The molecule has 0 amide bonds. The van der Waals surface area contributed by atoms with Crippen molar-refractivity contribution in [1.82, 2.24) is 9.97 Å². The van der Waals surface area contributed by atoms with Crippen LogP contribution in [0.1, 0.15) is 16.8 Å². The summed E-state index contributed by atoms with van der Waals surface area (Å²) in [6.45, 7) is 4.00. The highest BCUT2D eigenvalue weighted by molar-refractivity contribution is 5.85. The first-order valence-corrected chi connectivity index (χ1v) is 7.56.